The third-order valence-corrected chi connectivity index (χ3v) is 11.9. The van der Waals surface area contributed by atoms with E-state index in [-0.39, 0.29) is 18.8 Å². The molecule has 0 aromatic rings. The molecule has 0 spiro atoms. The maximum absolute atomic E-state index is 12.4. The van der Waals surface area contributed by atoms with Crippen molar-refractivity contribution in [3.63, 3.8) is 0 Å². The Morgan fingerprint density at radius 3 is 2.55 bits per heavy atom. The second kappa shape index (κ2) is 13.1. The Morgan fingerprint density at radius 2 is 1.79 bits per heavy atom. The van der Waals surface area contributed by atoms with Crippen LogP contribution in [0.1, 0.15) is 131 Å². The Hall–Kier alpha value is -1.03. The van der Waals surface area contributed by atoms with E-state index in [1.807, 2.05) is 0 Å². The Morgan fingerprint density at radius 1 is 1.00 bits per heavy atom. The summed E-state index contributed by atoms with van der Waals surface area (Å²) in [5, 5.41) is 11.8. The fourth-order valence-electron chi connectivity index (χ4n) is 9.73. The number of hydrogen-bond donors (Lipinski definition) is 2. The fourth-order valence-corrected chi connectivity index (χ4v) is 9.73. The predicted octanol–water partition coefficient (Wildman–Crippen LogP) is 8.68. The van der Waals surface area contributed by atoms with Crippen LogP contribution in [0.4, 0.5) is 4.79 Å². The monoisotopic (exact) mass is 529 g/mol. The molecular formula is C34H59NO3. The molecule has 0 aromatic heterocycles. The molecule has 38 heavy (non-hydrogen) atoms. The molecule has 2 N–H and O–H groups in total. The van der Waals surface area contributed by atoms with Crippen LogP contribution in [0.5, 0.6) is 0 Å². The highest BCUT2D eigenvalue weighted by molar-refractivity contribution is 5.67. The fraction of sp³-hybridized carbons (Fsp3) is 0.912. The second-order valence-electron chi connectivity index (χ2n) is 14.6. The zero-order valence-electron chi connectivity index (χ0n) is 25.4. The van der Waals surface area contributed by atoms with Gasteiger partial charge in [0.05, 0.1) is 0 Å². The summed E-state index contributed by atoms with van der Waals surface area (Å²) < 4.78 is 5.89. The van der Waals surface area contributed by atoms with Crippen LogP contribution in [-0.4, -0.2) is 30.5 Å². The van der Waals surface area contributed by atoms with Gasteiger partial charge in [-0.25, -0.2) is 4.79 Å². The summed E-state index contributed by atoms with van der Waals surface area (Å²) in [4.78, 5) is 12.4. The third-order valence-electron chi connectivity index (χ3n) is 11.9. The molecule has 4 nitrogen and oxygen atoms in total. The zero-order valence-corrected chi connectivity index (χ0v) is 25.4. The summed E-state index contributed by atoms with van der Waals surface area (Å²) in [5.41, 5.74) is 2.43. The number of hydrogen-bond acceptors (Lipinski definition) is 3. The van der Waals surface area contributed by atoms with Crippen LogP contribution in [0.2, 0.25) is 0 Å². The van der Waals surface area contributed by atoms with Crippen molar-refractivity contribution in [2.24, 2.45) is 46.3 Å². The molecule has 0 radical (unpaired) electrons. The lowest BCUT2D eigenvalue weighted by atomic mass is 9.47. The van der Waals surface area contributed by atoms with Crippen LogP contribution in [0.15, 0.2) is 11.6 Å². The summed E-state index contributed by atoms with van der Waals surface area (Å²) >= 11 is 0. The summed E-state index contributed by atoms with van der Waals surface area (Å²) in [6.45, 7) is 13.5. The number of carbonyl (C=O) groups is 1. The zero-order chi connectivity index (χ0) is 27.3. The van der Waals surface area contributed by atoms with Gasteiger partial charge in [0.2, 0.25) is 0 Å². The van der Waals surface area contributed by atoms with Gasteiger partial charge in [-0.15, -0.1) is 0 Å². The van der Waals surface area contributed by atoms with E-state index < -0.39 is 0 Å². The molecule has 0 bridgehead atoms. The van der Waals surface area contributed by atoms with E-state index in [0.29, 0.717) is 17.4 Å². The summed E-state index contributed by atoms with van der Waals surface area (Å²) in [6.07, 6.45) is 20.5. The topological polar surface area (TPSA) is 58.6 Å². The molecule has 0 heterocycles. The van der Waals surface area contributed by atoms with Crippen LogP contribution in [0.25, 0.3) is 0 Å². The minimum atomic E-state index is -0.247. The van der Waals surface area contributed by atoms with Crippen molar-refractivity contribution in [3.05, 3.63) is 11.6 Å². The first-order chi connectivity index (χ1) is 18.2. The number of aliphatic hydroxyl groups is 1. The maximum atomic E-state index is 12.4. The molecule has 4 heteroatoms. The standard InChI is InChI=1S/C34H59NO3/c1-24(2)11-10-12-25(3)29-15-16-30-28-14-13-26-23-27(38-32(37)35-21-8-6-7-9-22-36)17-19-33(26,4)31(28)18-20-34(29,30)5/h13,24-25,27-31,36H,6-12,14-23H2,1-5H3,(H,35,37). The van der Waals surface area contributed by atoms with Crippen molar-refractivity contribution in [3.8, 4) is 0 Å². The lowest BCUT2D eigenvalue weighted by Crippen LogP contribution is -2.51. The Labute approximate surface area is 234 Å². The van der Waals surface area contributed by atoms with Gasteiger partial charge >= 0.3 is 6.09 Å². The summed E-state index contributed by atoms with van der Waals surface area (Å²) in [6, 6.07) is 0. The van der Waals surface area contributed by atoms with Gasteiger partial charge in [0.15, 0.2) is 0 Å². The average molecular weight is 530 g/mol. The molecule has 0 saturated heterocycles. The van der Waals surface area contributed by atoms with E-state index in [0.717, 1.165) is 80.5 Å². The molecule has 0 aromatic carbocycles. The molecule has 8 unspecified atom stereocenters. The first-order valence-corrected chi connectivity index (χ1v) is 16.4. The highest BCUT2D eigenvalue weighted by Gasteiger charge is 2.59. The van der Waals surface area contributed by atoms with Gasteiger partial charge in [-0.2, -0.15) is 0 Å². The maximum Gasteiger partial charge on any atom is 0.407 e. The number of carbonyl (C=O) groups excluding carboxylic acids is 1. The normalized spacial score (nSPS) is 37.1. The Bertz CT molecular complexity index is 808. The van der Waals surface area contributed by atoms with E-state index in [9.17, 15) is 4.79 Å². The number of amides is 1. The van der Waals surface area contributed by atoms with E-state index in [1.54, 1.807) is 5.57 Å². The van der Waals surface area contributed by atoms with Crippen LogP contribution in [0.3, 0.4) is 0 Å². The number of fused-ring (bicyclic) bond motifs is 5. The molecule has 4 aliphatic rings. The first-order valence-electron chi connectivity index (χ1n) is 16.4. The number of ether oxygens (including phenoxy) is 1. The molecule has 8 atom stereocenters. The number of unbranched alkanes of at least 4 members (excludes halogenated alkanes) is 3. The lowest BCUT2D eigenvalue weighted by molar-refractivity contribution is -0.0581. The van der Waals surface area contributed by atoms with Gasteiger partial charge in [0.1, 0.15) is 6.10 Å². The van der Waals surface area contributed by atoms with Gasteiger partial charge in [-0.1, -0.05) is 78.4 Å². The first kappa shape index (κ1) is 29.9. The van der Waals surface area contributed by atoms with Crippen LogP contribution in [0, 0.1) is 46.3 Å². The molecule has 0 aliphatic heterocycles. The minimum Gasteiger partial charge on any atom is -0.446 e. The van der Waals surface area contributed by atoms with Gasteiger partial charge in [-0.05, 0) is 104 Å². The van der Waals surface area contributed by atoms with Crippen molar-refractivity contribution in [2.75, 3.05) is 13.2 Å². The van der Waals surface area contributed by atoms with Crippen molar-refractivity contribution in [1.82, 2.24) is 5.32 Å². The average Bonchev–Trinajstić information content (AvgIpc) is 3.23. The molecule has 3 fully saturated rings. The van der Waals surface area contributed by atoms with E-state index in [2.05, 4.69) is 46.0 Å². The number of nitrogens with one attached hydrogen (secondary N) is 1. The lowest BCUT2D eigenvalue weighted by Gasteiger charge is -2.58. The summed E-state index contributed by atoms with van der Waals surface area (Å²) in [5.74, 6) is 5.16. The van der Waals surface area contributed by atoms with E-state index >= 15 is 0 Å². The number of aliphatic hydroxyl groups excluding tert-OH is 1. The molecule has 4 aliphatic carbocycles. The number of alkyl carbamates (subject to hydrolysis) is 1. The SMILES string of the molecule is CC(C)CCCC(C)C1CCC2C3CC=C4CC(OC(=O)NCCCCCCO)CCC4(C)C3CCC12C. The van der Waals surface area contributed by atoms with Crippen molar-refractivity contribution in [2.45, 2.75) is 137 Å². The minimum absolute atomic E-state index is 0.0247. The molecule has 4 rings (SSSR count). The van der Waals surface area contributed by atoms with Crippen LogP contribution in [-0.2, 0) is 4.74 Å². The van der Waals surface area contributed by atoms with Gasteiger partial charge in [0.25, 0.3) is 0 Å². The number of rotatable bonds is 12. The van der Waals surface area contributed by atoms with E-state index in [4.69, 9.17) is 9.84 Å². The largest absolute Gasteiger partial charge is 0.446 e. The van der Waals surface area contributed by atoms with Crippen LogP contribution >= 0.6 is 0 Å². The predicted molar refractivity (Wildman–Crippen MR) is 157 cm³/mol. The van der Waals surface area contributed by atoms with Crippen molar-refractivity contribution < 1.29 is 14.6 Å². The molecule has 1 amide bonds. The smallest absolute Gasteiger partial charge is 0.407 e. The highest BCUT2D eigenvalue weighted by atomic mass is 16.6. The number of allylic oxidation sites excluding steroid dienone is 1. The highest BCUT2D eigenvalue weighted by Crippen LogP contribution is 2.67. The Kier molecular flexibility index (Phi) is 10.3. The third kappa shape index (κ3) is 6.47. The van der Waals surface area contributed by atoms with Gasteiger partial charge < -0.3 is 15.2 Å². The molecular weight excluding hydrogens is 470 g/mol. The molecule has 3 saturated carbocycles. The van der Waals surface area contributed by atoms with Crippen molar-refractivity contribution in [1.29, 1.82) is 0 Å². The summed E-state index contributed by atoms with van der Waals surface area (Å²) in [7, 11) is 0. The van der Waals surface area contributed by atoms with Crippen molar-refractivity contribution >= 4 is 6.09 Å². The van der Waals surface area contributed by atoms with Gasteiger partial charge in [0, 0.05) is 19.6 Å². The molecule has 218 valence electrons. The second-order valence-corrected chi connectivity index (χ2v) is 14.6. The van der Waals surface area contributed by atoms with Crippen LogP contribution < -0.4 is 5.32 Å². The van der Waals surface area contributed by atoms with Gasteiger partial charge in [-0.3, -0.25) is 0 Å². The quantitative estimate of drug-likeness (QED) is 0.196. The van der Waals surface area contributed by atoms with E-state index in [1.165, 1.54) is 51.4 Å². The Balaban J connectivity index is 1.31.